The largest absolute Gasteiger partial charge is 0.383 e. The first-order valence-corrected chi connectivity index (χ1v) is 5.68. The minimum Gasteiger partial charge on any atom is -0.383 e. The molecule has 0 aliphatic carbocycles. The summed E-state index contributed by atoms with van der Waals surface area (Å²) < 4.78 is 10.1. The number of likely N-dealkylation sites (N-methyl/N-ethyl adjacent to an activating group) is 1. The molecule has 1 atom stereocenters. The third-order valence-electron chi connectivity index (χ3n) is 2.50. The molecule has 0 aliphatic heterocycles. The maximum atomic E-state index is 5.15. The van der Waals surface area contributed by atoms with Crippen molar-refractivity contribution in [3.05, 3.63) is 0 Å². The Balaban J connectivity index is 3.51. The molecular formula is C11H26N2O2. The van der Waals surface area contributed by atoms with Crippen LogP contribution in [0.15, 0.2) is 0 Å². The second-order valence-electron chi connectivity index (χ2n) is 3.68. The van der Waals surface area contributed by atoms with Crippen LogP contribution >= 0.6 is 0 Å². The molecule has 0 aromatic rings. The summed E-state index contributed by atoms with van der Waals surface area (Å²) in [5.41, 5.74) is 0. The third-order valence-corrected chi connectivity index (χ3v) is 2.50. The summed E-state index contributed by atoms with van der Waals surface area (Å²) in [5, 5.41) is 3.34. The lowest BCUT2D eigenvalue weighted by Crippen LogP contribution is -2.40. The van der Waals surface area contributed by atoms with Crippen LogP contribution in [0.2, 0.25) is 0 Å². The molecule has 1 unspecified atom stereocenters. The van der Waals surface area contributed by atoms with Crippen LogP contribution < -0.4 is 5.32 Å². The molecule has 0 radical (unpaired) electrons. The monoisotopic (exact) mass is 218 g/mol. The molecule has 0 aromatic carbocycles. The molecule has 0 saturated carbocycles. The molecule has 0 amide bonds. The number of ether oxygens (including phenoxy) is 2. The Hall–Kier alpha value is -0.160. The smallest absolute Gasteiger partial charge is 0.0615 e. The molecule has 0 rings (SSSR count). The van der Waals surface area contributed by atoms with Gasteiger partial charge in [0.1, 0.15) is 0 Å². The second kappa shape index (κ2) is 10.4. The Kier molecular flexibility index (Phi) is 10.3. The van der Waals surface area contributed by atoms with E-state index in [1.165, 1.54) is 0 Å². The fraction of sp³-hybridized carbons (Fsp3) is 1.00. The fourth-order valence-electron chi connectivity index (χ4n) is 1.56. The molecule has 4 nitrogen and oxygen atoms in total. The fourth-order valence-corrected chi connectivity index (χ4v) is 1.56. The Morgan fingerprint density at radius 1 is 1.20 bits per heavy atom. The number of nitrogens with one attached hydrogen (secondary N) is 1. The van der Waals surface area contributed by atoms with E-state index in [0.717, 1.165) is 39.4 Å². The van der Waals surface area contributed by atoms with Gasteiger partial charge in [0.05, 0.1) is 13.2 Å². The molecule has 0 spiro atoms. The van der Waals surface area contributed by atoms with Crippen molar-refractivity contribution in [2.75, 3.05) is 53.6 Å². The average Bonchev–Trinajstić information content (AvgIpc) is 2.23. The first kappa shape index (κ1) is 14.8. The number of hydrogen-bond donors (Lipinski definition) is 1. The van der Waals surface area contributed by atoms with Crippen molar-refractivity contribution in [2.45, 2.75) is 19.9 Å². The molecule has 1 N–H and O–H groups in total. The normalized spacial score (nSPS) is 13.4. The molecule has 0 fully saturated rings. The molecular weight excluding hydrogens is 192 g/mol. The molecule has 0 aromatic heterocycles. The van der Waals surface area contributed by atoms with Crippen LogP contribution in [0.5, 0.6) is 0 Å². The average molecular weight is 218 g/mol. The highest BCUT2D eigenvalue weighted by Crippen LogP contribution is 1.97. The van der Waals surface area contributed by atoms with Gasteiger partial charge in [0, 0.05) is 39.9 Å². The Morgan fingerprint density at radius 2 is 1.93 bits per heavy atom. The van der Waals surface area contributed by atoms with Gasteiger partial charge in [-0.1, -0.05) is 6.92 Å². The number of nitrogens with zero attached hydrogens (tertiary/aromatic N) is 1. The van der Waals surface area contributed by atoms with Gasteiger partial charge in [-0.15, -0.1) is 0 Å². The lowest BCUT2D eigenvalue weighted by atomic mass is 10.3. The zero-order chi connectivity index (χ0) is 11.5. The van der Waals surface area contributed by atoms with E-state index < -0.39 is 0 Å². The second-order valence-corrected chi connectivity index (χ2v) is 3.68. The Labute approximate surface area is 93.9 Å². The molecule has 0 saturated heterocycles. The lowest BCUT2D eigenvalue weighted by molar-refractivity contribution is 0.103. The highest BCUT2D eigenvalue weighted by atomic mass is 16.5. The first-order chi connectivity index (χ1) is 7.26. The number of hydrogen-bond acceptors (Lipinski definition) is 4. The SMILES string of the molecule is CCN(CCNCCOC)C(C)COC. The van der Waals surface area contributed by atoms with Crippen LogP contribution in [-0.4, -0.2) is 64.6 Å². The van der Waals surface area contributed by atoms with Gasteiger partial charge in [-0.3, -0.25) is 4.90 Å². The van der Waals surface area contributed by atoms with E-state index >= 15 is 0 Å². The summed E-state index contributed by atoms with van der Waals surface area (Å²) in [4.78, 5) is 2.41. The minimum absolute atomic E-state index is 0.490. The zero-order valence-corrected chi connectivity index (χ0v) is 10.6. The number of rotatable bonds is 10. The van der Waals surface area contributed by atoms with E-state index in [1.807, 2.05) is 0 Å². The van der Waals surface area contributed by atoms with E-state index in [1.54, 1.807) is 14.2 Å². The maximum Gasteiger partial charge on any atom is 0.0615 e. The van der Waals surface area contributed by atoms with E-state index in [0.29, 0.717) is 6.04 Å². The van der Waals surface area contributed by atoms with Gasteiger partial charge in [0.15, 0.2) is 0 Å². The topological polar surface area (TPSA) is 33.7 Å². The minimum atomic E-state index is 0.490. The van der Waals surface area contributed by atoms with Crippen molar-refractivity contribution < 1.29 is 9.47 Å². The highest BCUT2D eigenvalue weighted by Gasteiger charge is 2.10. The van der Waals surface area contributed by atoms with Crippen molar-refractivity contribution in [3.8, 4) is 0 Å². The van der Waals surface area contributed by atoms with Crippen LogP contribution in [0, 0.1) is 0 Å². The van der Waals surface area contributed by atoms with E-state index in [4.69, 9.17) is 9.47 Å². The van der Waals surface area contributed by atoms with Crippen molar-refractivity contribution in [2.24, 2.45) is 0 Å². The quantitative estimate of drug-likeness (QED) is 0.544. The first-order valence-electron chi connectivity index (χ1n) is 5.68. The third kappa shape index (κ3) is 7.73. The Morgan fingerprint density at radius 3 is 2.47 bits per heavy atom. The van der Waals surface area contributed by atoms with Gasteiger partial charge in [-0.05, 0) is 13.5 Å². The van der Waals surface area contributed by atoms with Crippen LogP contribution in [-0.2, 0) is 9.47 Å². The van der Waals surface area contributed by atoms with Gasteiger partial charge in [0.2, 0.25) is 0 Å². The summed E-state index contributed by atoms with van der Waals surface area (Å²) in [7, 11) is 3.47. The van der Waals surface area contributed by atoms with Crippen molar-refractivity contribution >= 4 is 0 Å². The molecule has 0 bridgehead atoms. The Bertz CT molecular complexity index is 134. The number of methoxy groups -OCH3 is 2. The molecule has 0 heterocycles. The molecule has 15 heavy (non-hydrogen) atoms. The molecule has 4 heteroatoms. The van der Waals surface area contributed by atoms with Gasteiger partial charge < -0.3 is 14.8 Å². The standard InChI is InChI=1S/C11H26N2O2/c1-5-13(11(2)10-15-4)8-6-12-7-9-14-3/h11-12H,5-10H2,1-4H3. The van der Waals surface area contributed by atoms with Crippen molar-refractivity contribution in [1.29, 1.82) is 0 Å². The van der Waals surface area contributed by atoms with E-state index in [-0.39, 0.29) is 0 Å². The summed E-state index contributed by atoms with van der Waals surface area (Å²) >= 11 is 0. The summed E-state index contributed by atoms with van der Waals surface area (Å²) in [5.74, 6) is 0. The predicted molar refractivity (Wildman–Crippen MR) is 63.3 cm³/mol. The highest BCUT2D eigenvalue weighted by molar-refractivity contribution is 4.66. The van der Waals surface area contributed by atoms with Gasteiger partial charge >= 0.3 is 0 Å². The van der Waals surface area contributed by atoms with E-state index in [9.17, 15) is 0 Å². The summed E-state index contributed by atoms with van der Waals surface area (Å²) in [6, 6.07) is 0.490. The zero-order valence-electron chi connectivity index (χ0n) is 10.6. The van der Waals surface area contributed by atoms with Crippen molar-refractivity contribution in [3.63, 3.8) is 0 Å². The van der Waals surface area contributed by atoms with Crippen LogP contribution in [0.3, 0.4) is 0 Å². The van der Waals surface area contributed by atoms with Gasteiger partial charge in [-0.25, -0.2) is 0 Å². The summed E-state index contributed by atoms with van der Waals surface area (Å²) in [6.45, 7) is 10.0. The lowest BCUT2D eigenvalue weighted by Gasteiger charge is -2.27. The molecule has 0 aliphatic rings. The van der Waals surface area contributed by atoms with Crippen LogP contribution in [0.4, 0.5) is 0 Å². The summed E-state index contributed by atoms with van der Waals surface area (Å²) in [6.07, 6.45) is 0. The van der Waals surface area contributed by atoms with E-state index in [2.05, 4.69) is 24.1 Å². The van der Waals surface area contributed by atoms with Crippen molar-refractivity contribution in [1.82, 2.24) is 10.2 Å². The molecule has 92 valence electrons. The van der Waals surface area contributed by atoms with Crippen LogP contribution in [0.25, 0.3) is 0 Å². The van der Waals surface area contributed by atoms with Crippen LogP contribution in [0.1, 0.15) is 13.8 Å². The van der Waals surface area contributed by atoms with Gasteiger partial charge in [0.25, 0.3) is 0 Å². The van der Waals surface area contributed by atoms with Gasteiger partial charge in [-0.2, -0.15) is 0 Å². The maximum absolute atomic E-state index is 5.15. The predicted octanol–water partition coefficient (Wildman–Crippen LogP) is 0.579.